The van der Waals surface area contributed by atoms with Crippen molar-refractivity contribution in [3.63, 3.8) is 0 Å². The zero-order valence-corrected chi connectivity index (χ0v) is 12.6. The minimum atomic E-state index is 0.724. The summed E-state index contributed by atoms with van der Waals surface area (Å²) >= 11 is 7.16. The smallest absolute Gasteiger partial charge is 0.180 e. The molecule has 100 valence electrons. The van der Waals surface area contributed by atoms with Crippen LogP contribution in [0.5, 0.6) is 0 Å². The van der Waals surface area contributed by atoms with Crippen molar-refractivity contribution in [1.29, 1.82) is 0 Å². The van der Waals surface area contributed by atoms with Crippen molar-refractivity contribution in [2.24, 2.45) is 5.92 Å². The number of nitrogens with zero attached hydrogens (tertiary/aromatic N) is 3. The minimum absolute atomic E-state index is 0.724. The lowest BCUT2D eigenvalue weighted by molar-refractivity contribution is 0.211. The van der Waals surface area contributed by atoms with E-state index in [0.29, 0.717) is 0 Å². The summed E-state index contributed by atoms with van der Waals surface area (Å²) in [7, 11) is 0. The lowest BCUT2D eigenvalue weighted by atomic mass is 10.0. The molecule has 2 aliphatic rings. The lowest BCUT2D eigenvalue weighted by Gasteiger charge is -2.19. The van der Waals surface area contributed by atoms with Crippen molar-refractivity contribution in [1.82, 2.24) is 14.7 Å². The highest BCUT2D eigenvalue weighted by Gasteiger charge is 2.27. The summed E-state index contributed by atoms with van der Waals surface area (Å²) < 4.78 is 3.00. The van der Waals surface area contributed by atoms with Crippen LogP contribution in [0.15, 0.2) is 0 Å². The highest BCUT2D eigenvalue weighted by Crippen LogP contribution is 2.41. The molecule has 1 aromatic rings. The van der Waals surface area contributed by atoms with Gasteiger partial charge in [0, 0.05) is 12.5 Å². The van der Waals surface area contributed by atoms with E-state index in [-0.39, 0.29) is 0 Å². The highest BCUT2D eigenvalue weighted by molar-refractivity contribution is 7.73. The van der Waals surface area contributed by atoms with Crippen LogP contribution in [0.3, 0.4) is 0 Å². The molecule has 2 heterocycles. The zero-order chi connectivity index (χ0) is 12.5. The fourth-order valence-corrected chi connectivity index (χ4v) is 3.84. The molecule has 2 fully saturated rings. The maximum atomic E-state index is 5.44. The maximum absolute atomic E-state index is 5.44. The molecule has 1 aliphatic carbocycles. The van der Waals surface area contributed by atoms with Crippen LogP contribution in [0.25, 0.3) is 0 Å². The average Bonchev–Trinajstić information content (AvgIpc) is 3.13. The van der Waals surface area contributed by atoms with Crippen molar-refractivity contribution in [3.8, 4) is 0 Å². The number of likely N-dealkylation sites (tertiary alicyclic amines) is 1. The molecule has 0 amide bonds. The second-order valence-electron chi connectivity index (χ2n) is 5.78. The van der Waals surface area contributed by atoms with Crippen LogP contribution in [0.2, 0.25) is 0 Å². The Bertz CT molecular complexity index is 461. The van der Waals surface area contributed by atoms with Gasteiger partial charge in [0.15, 0.2) is 3.95 Å². The second-order valence-corrected chi connectivity index (χ2v) is 7.43. The number of rotatable bonds is 3. The third kappa shape index (κ3) is 3.00. The van der Waals surface area contributed by atoms with Gasteiger partial charge in [0.2, 0.25) is 0 Å². The molecule has 0 N–H and O–H groups in total. The molecule has 0 unspecified atom stereocenters. The fraction of sp³-hybridized carbons (Fsp3) is 0.846. The standard InChI is InChI=1S/C13H21N3S2/c1-10-3-2-7-15(8-6-10)9-16-13(17)18-12(14-16)11-4-5-11/h10-11H,2-9H2,1H3/t10-/m1/s1. The molecule has 5 heteroatoms. The van der Waals surface area contributed by atoms with Gasteiger partial charge in [-0.15, -0.1) is 0 Å². The summed E-state index contributed by atoms with van der Waals surface area (Å²) in [5.41, 5.74) is 0. The molecule has 3 rings (SSSR count). The molecule has 1 atom stereocenters. The van der Waals surface area contributed by atoms with Crippen LogP contribution >= 0.6 is 23.6 Å². The second kappa shape index (κ2) is 5.39. The Morgan fingerprint density at radius 1 is 1.28 bits per heavy atom. The molecule has 1 aliphatic heterocycles. The molecular weight excluding hydrogens is 262 g/mol. The van der Waals surface area contributed by atoms with Gasteiger partial charge in [-0.05, 0) is 56.8 Å². The van der Waals surface area contributed by atoms with Gasteiger partial charge < -0.3 is 0 Å². The number of hydrogen-bond donors (Lipinski definition) is 0. The van der Waals surface area contributed by atoms with Gasteiger partial charge in [-0.3, -0.25) is 4.90 Å². The van der Waals surface area contributed by atoms with E-state index in [1.165, 1.54) is 50.2 Å². The highest BCUT2D eigenvalue weighted by atomic mass is 32.1. The quantitative estimate of drug-likeness (QED) is 0.790. The van der Waals surface area contributed by atoms with E-state index < -0.39 is 0 Å². The SMILES string of the molecule is C[C@@H]1CCCN(Cn2nc(C3CC3)sc2=S)CC1. The summed E-state index contributed by atoms with van der Waals surface area (Å²) in [5, 5.41) is 5.97. The van der Waals surface area contributed by atoms with Crippen LogP contribution in [-0.4, -0.2) is 27.8 Å². The van der Waals surface area contributed by atoms with Crippen LogP contribution in [-0.2, 0) is 6.67 Å². The summed E-state index contributed by atoms with van der Waals surface area (Å²) in [6.45, 7) is 5.65. The first-order valence-electron chi connectivity index (χ1n) is 7.02. The molecule has 0 radical (unpaired) electrons. The van der Waals surface area contributed by atoms with E-state index >= 15 is 0 Å². The van der Waals surface area contributed by atoms with E-state index in [1.54, 1.807) is 11.3 Å². The Balaban J connectivity index is 1.66. The largest absolute Gasteiger partial charge is 0.284 e. The van der Waals surface area contributed by atoms with Crippen molar-refractivity contribution in [3.05, 3.63) is 8.96 Å². The Kier molecular flexibility index (Phi) is 3.82. The van der Waals surface area contributed by atoms with Gasteiger partial charge in [-0.25, -0.2) is 4.68 Å². The van der Waals surface area contributed by atoms with Crippen LogP contribution < -0.4 is 0 Å². The lowest BCUT2D eigenvalue weighted by Crippen LogP contribution is -2.28. The molecule has 18 heavy (non-hydrogen) atoms. The summed E-state index contributed by atoms with van der Waals surface area (Å²) in [5.74, 6) is 1.60. The van der Waals surface area contributed by atoms with E-state index in [1.807, 2.05) is 4.68 Å². The van der Waals surface area contributed by atoms with Gasteiger partial charge in [0.1, 0.15) is 5.01 Å². The summed E-state index contributed by atoms with van der Waals surface area (Å²) in [6, 6.07) is 0. The van der Waals surface area contributed by atoms with Crippen molar-refractivity contribution >= 4 is 23.6 Å². The Labute approximate surface area is 118 Å². The first-order valence-corrected chi connectivity index (χ1v) is 8.25. The van der Waals surface area contributed by atoms with Gasteiger partial charge in [-0.2, -0.15) is 5.10 Å². The molecule has 0 aromatic carbocycles. The van der Waals surface area contributed by atoms with Crippen molar-refractivity contribution < 1.29 is 0 Å². The molecule has 1 saturated heterocycles. The van der Waals surface area contributed by atoms with Crippen molar-refractivity contribution in [2.75, 3.05) is 13.1 Å². The first-order chi connectivity index (χ1) is 8.72. The van der Waals surface area contributed by atoms with Gasteiger partial charge in [0.25, 0.3) is 0 Å². The summed E-state index contributed by atoms with van der Waals surface area (Å²) in [4.78, 5) is 2.51. The van der Waals surface area contributed by atoms with E-state index in [2.05, 4.69) is 11.8 Å². The van der Waals surface area contributed by atoms with Gasteiger partial charge in [0.05, 0.1) is 6.67 Å². The Morgan fingerprint density at radius 2 is 2.11 bits per heavy atom. The molecular formula is C13H21N3S2. The molecule has 1 saturated carbocycles. The van der Waals surface area contributed by atoms with Crippen LogP contribution in [0.1, 0.15) is 50.0 Å². The van der Waals surface area contributed by atoms with Gasteiger partial charge >= 0.3 is 0 Å². The van der Waals surface area contributed by atoms with Crippen molar-refractivity contribution in [2.45, 2.75) is 51.6 Å². The van der Waals surface area contributed by atoms with E-state index in [4.69, 9.17) is 17.3 Å². The topological polar surface area (TPSA) is 21.1 Å². The Hall–Kier alpha value is -0.260. The number of hydrogen-bond acceptors (Lipinski definition) is 4. The van der Waals surface area contributed by atoms with E-state index in [0.717, 1.165) is 22.5 Å². The zero-order valence-electron chi connectivity index (χ0n) is 11.0. The average molecular weight is 283 g/mol. The molecule has 0 spiro atoms. The van der Waals surface area contributed by atoms with Crippen LogP contribution in [0.4, 0.5) is 0 Å². The summed E-state index contributed by atoms with van der Waals surface area (Å²) in [6.07, 6.45) is 6.61. The normalized spacial score (nSPS) is 26.2. The van der Waals surface area contributed by atoms with Crippen LogP contribution in [0, 0.1) is 9.87 Å². The minimum Gasteiger partial charge on any atom is -0.284 e. The third-order valence-corrected chi connectivity index (χ3v) is 5.46. The first kappa shape index (κ1) is 12.8. The predicted octanol–water partition coefficient (Wildman–Crippen LogP) is 3.63. The number of aromatic nitrogens is 2. The van der Waals surface area contributed by atoms with Gasteiger partial charge in [-0.1, -0.05) is 18.3 Å². The fourth-order valence-electron chi connectivity index (χ4n) is 2.56. The van der Waals surface area contributed by atoms with E-state index in [9.17, 15) is 0 Å². The molecule has 0 bridgehead atoms. The molecule has 3 nitrogen and oxygen atoms in total. The predicted molar refractivity (Wildman–Crippen MR) is 77.5 cm³/mol. The maximum Gasteiger partial charge on any atom is 0.180 e. The Morgan fingerprint density at radius 3 is 2.89 bits per heavy atom. The molecule has 1 aromatic heterocycles. The third-order valence-electron chi connectivity index (χ3n) is 3.99. The monoisotopic (exact) mass is 283 g/mol.